The van der Waals surface area contributed by atoms with E-state index < -0.39 is 5.97 Å². The largest absolute Gasteiger partial charge is 0.451 e. The maximum absolute atomic E-state index is 12.3. The molecule has 1 unspecified atom stereocenters. The molecular weight excluding hydrogens is 356 g/mol. The highest BCUT2D eigenvalue weighted by molar-refractivity contribution is 6.33. The number of carbonyl (C=O) groups excluding carboxylic acids is 2. The molecule has 2 aromatic heterocycles. The lowest BCUT2D eigenvalue weighted by Gasteiger charge is -2.13. The van der Waals surface area contributed by atoms with Crippen molar-refractivity contribution in [2.24, 2.45) is 5.92 Å². The minimum Gasteiger partial charge on any atom is -0.451 e. The quantitative estimate of drug-likeness (QED) is 0.783. The first-order chi connectivity index (χ1) is 12.3. The van der Waals surface area contributed by atoms with Crippen LogP contribution < -0.4 is 5.32 Å². The maximum atomic E-state index is 12.3. The van der Waals surface area contributed by atoms with E-state index in [1.54, 1.807) is 16.8 Å². The number of halogens is 1. The number of nitrogens with one attached hydrogen (secondary N) is 1. The number of amides is 1. The van der Waals surface area contributed by atoms with E-state index in [1.165, 1.54) is 0 Å². The summed E-state index contributed by atoms with van der Waals surface area (Å²) >= 11 is 6.08. The molecule has 3 rings (SSSR count). The van der Waals surface area contributed by atoms with Gasteiger partial charge in [-0.1, -0.05) is 11.6 Å². The van der Waals surface area contributed by atoms with Gasteiger partial charge in [0.05, 0.1) is 10.7 Å². The lowest BCUT2D eigenvalue weighted by atomic mass is 10.2. The third-order valence-electron chi connectivity index (χ3n) is 4.30. The molecule has 2 heterocycles. The molecule has 0 aromatic carbocycles. The van der Waals surface area contributed by atoms with Crippen LogP contribution in [0.2, 0.25) is 5.02 Å². The maximum Gasteiger partial charge on any atom is 0.359 e. The molecule has 7 nitrogen and oxygen atoms in total. The monoisotopic (exact) mass is 376 g/mol. The molecule has 1 fully saturated rings. The number of rotatable bonds is 6. The van der Waals surface area contributed by atoms with Crippen molar-refractivity contribution in [3.05, 3.63) is 40.3 Å². The number of aryl methyl sites for hydroxylation is 2. The van der Waals surface area contributed by atoms with E-state index >= 15 is 0 Å². The zero-order valence-electron chi connectivity index (χ0n) is 15.0. The first-order valence-electron chi connectivity index (χ1n) is 8.52. The van der Waals surface area contributed by atoms with E-state index in [9.17, 15) is 9.59 Å². The molecule has 1 atom stereocenters. The van der Waals surface area contributed by atoms with Crippen LogP contribution in [-0.4, -0.2) is 39.3 Å². The highest BCUT2D eigenvalue weighted by atomic mass is 35.5. The molecule has 138 valence electrons. The van der Waals surface area contributed by atoms with Crippen LogP contribution in [0.4, 0.5) is 0 Å². The SMILES string of the molecule is Cc1cc(C)n(-c2ccc(Cl)c(C(=O)OCC(=O)NC(C)C3CC3)n2)n1. The van der Waals surface area contributed by atoms with Crippen molar-refractivity contribution in [1.82, 2.24) is 20.1 Å². The fourth-order valence-electron chi connectivity index (χ4n) is 2.76. The Labute approximate surface area is 156 Å². The van der Waals surface area contributed by atoms with Gasteiger partial charge in [-0.2, -0.15) is 5.10 Å². The second kappa shape index (κ2) is 7.45. The summed E-state index contributed by atoms with van der Waals surface area (Å²) in [5.74, 6) is -0.0850. The summed E-state index contributed by atoms with van der Waals surface area (Å²) in [4.78, 5) is 28.4. The first-order valence-corrected chi connectivity index (χ1v) is 8.89. The molecular formula is C18H21ClN4O3. The summed E-state index contributed by atoms with van der Waals surface area (Å²) in [7, 11) is 0. The molecule has 26 heavy (non-hydrogen) atoms. The van der Waals surface area contributed by atoms with E-state index in [0.717, 1.165) is 24.2 Å². The second-order valence-corrected chi connectivity index (χ2v) is 7.02. The molecule has 0 saturated heterocycles. The first kappa shape index (κ1) is 18.4. The predicted molar refractivity (Wildman–Crippen MR) is 96.5 cm³/mol. The van der Waals surface area contributed by atoms with Crippen LogP contribution >= 0.6 is 11.6 Å². The smallest absolute Gasteiger partial charge is 0.359 e. The normalized spacial score (nSPS) is 14.8. The molecule has 1 saturated carbocycles. The number of nitrogens with zero attached hydrogens (tertiary/aromatic N) is 3. The molecule has 1 aliphatic rings. The standard InChI is InChI=1S/C18H21ClN4O3/c1-10-8-11(2)23(22-10)15-7-6-14(19)17(21-15)18(25)26-9-16(24)20-12(3)13-4-5-13/h6-8,12-13H,4-5,9H2,1-3H3,(H,20,24). The molecule has 1 aliphatic carbocycles. The van der Waals surface area contributed by atoms with E-state index in [1.807, 2.05) is 26.8 Å². The lowest BCUT2D eigenvalue weighted by Crippen LogP contribution is -2.37. The minimum absolute atomic E-state index is 0.0419. The molecule has 1 amide bonds. The fraction of sp³-hybridized carbons (Fsp3) is 0.444. The molecule has 0 bridgehead atoms. The van der Waals surface area contributed by atoms with Crippen molar-refractivity contribution in [2.45, 2.75) is 39.7 Å². The van der Waals surface area contributed by atoms with Crippen LogP contribution in [0.5, 0.6) is 0 Å². The van der Waals surface area contributed by atoms with Gasteiger partial charge in [-0.3, -0.25) is 4.79 Å². The third-order valence-corrected chi connectivity index (χ3v) is 4.61. The Morgan fingerprint density at radius 2 is 2.12 bits per heavy atom. The van der Waals surface area contributed by atoms with Gasteiger partial charge in [-0.05, 0) is 57.7 Å². The molecule has 0 spiro atoms. The van der Waals surface area contributed by atoms with E-state index in [-0.39, 0.29) is 29.3 Å². The Morgan fingerprint density at radius 1 is 1.38 bits per heavy atom. The summed E-state index contributed by atoms with van der Waals surface area (Å²) < 4.78 is 6.69. The van der Waals surface area contributed by atoms with Crippen molar-refractivity contribution >= 4 is 23.5 Å². The summed E-state index contributed by atoms with van der Waals surface area (Å²) in [6.45, 7) is 5.35. The summed E-state index contributed by atoms with van der Waals surface area (Å²) in [6, 6.07) is 5.23. The van der Waals surface area contributed by atoms with E-state index in [4.69, 9.17) is 16.3 Å². The van der Waals surface area contributed by atoms with Crippen LogP contribution in [0.1, 0.15) is 41.6 Å². The third kappa shape index (κ3) is 4.22. The number of hydrogen-bond acceptors (Lipinski definition) is 5. The van der Waals surface area contributed by atoms with Gasteiger partial charge < -0.3 is 10.1 Å². The van der Waals surface area contributed by atoms with Crippen LogP contribution in [0, 0.1) is 19.8 Å². The Balaban J connectivity index is 1.67. The number of esters is 1. The average molecular weight is 377 g/mol. The summed E-state index contributed by atoms with van der Waals surface area (Å²) in [5.41, 5.74) is 1.68. The van der Waals surface area contributed by atoms with Crippen molar-refractivity contribution in [3.63, 3.8) is 0 Å². The van der Waals surface area contributed by atoms with Crippen LogP contribution in [0.25, 0.3) is 5.82 Å². The Morgan fingerprint density at radius 3 is 2.73 bits per heavy atom. The topological polar surface area (TPSA) is 86.1 Å². The highest BCUT2D eigenvalue weighted by Crippen LogP contribution is 2.32. The minimum atomic E-state index is -0.743. The molecule has 2 aromatic rings. The number of pyridine rings is 1. The van der Waals surface area contributed by atoms with Crippen LogP contribution in [0.3, 0.4) is 0 Å². The lowest BCUT2D eigenvalue weighted by molar-refractivity contribution is -0.125. The van der Waals surface area contributed by atoms with Gasteiger partial charge in [-0.15, -0.1) is 0 Å². The summed E-state index contributed by atoms with van der Waals surface area (Å²) in [5, 5.41) is 7.32. The van der Waals surface area contributed by atoms with Crippen LogP contribution in [-0.2, 0) is 9.53 Å². The van der Waals surface area contributed by atoms with E-state index in [2.05, 4.69) is 15.4 Å². The number of carbonyl (C=O) groups is 2. The molecule has 8 heteroatoms. The summed E-state index contributed by atoms with van der Waals surface area (Å²) in [6.07, 6.45) is 2.25. The van der Waals surface area contributed by atoms with Gasteiger partial charge >= 0.3 is 5.97 Å². The average Bonchev–Trinajstić information content (AvgIpc) is 3.38. The van der Waals surface area contributed by atoms with Gasteiger partial charge in [0.1, 0.15) is 0 Å². The molecule has 1 N–H and O–H groups in total. The Hall–Kier alpha value is -2.41. The predicted octanol–water partition coefficient (Wildman–Crippen LogP) is 2.61. The van der Waals surface area contributed by atoms with Crippen molar-refractivity contribution < 1.29 is 14.3 Å². The van der Waals surface area contributed by atoms with Crippen molar-refractivity contribution in [3.8, 4) is 5.82 Å². The number of ether oxygens (including phenoxy) is 1. The van der Waals surface area contributed by atoms with Crippen molar-refractivity contribution in [1.29, 1.82) is 0 Å². The van der Waals surface area contributed by atoms with E-state index in [0.29, 0.717) is 11.7 Å². The zero-order valence-corrected chi connectivity index (χ0v) is 15.7. The Kier molecular flexibility index (Phi) is 5.27. The van der Waals surface area contributed by atoms with Crippen LogP contribution in [0.15, 0.2) is 18.2 Å². The second-order valence-electron chi connectivity index (χ2n) is 6.61. The van der Waals surface area contributed by atoms with Gasteiger partial charge in [0.2, 0.25) is 0 Å². The molecule has 0 aliphatic heterocycles. The number of aromatic nitrogens is 3. The zero-order chi connectivity index (χ0) is 18.8. The number of hydrogen-bond donors (Lipinski definition) is 1. The highest BCUT2D eigenvalue weighted by Gasteiger charge is 2.29. The van der Waals surface area contributed by atoms with Gasteiger partial charge in [-0.25, -0.2) is 14.5 Å². The Bertz CT molecular complexity index is 845. The van der Waals surface area contributed by atoms with Gasteiger partial charge in [0.25, 0.3) is 5.91 Å². The van der Waals surface area contributed by atoms with Crippen molar-refractivity contribution in [2.75, 3.05) is 6.61 Å². The van der Waals surface area contributed by atoms with Gasteiger partial charge in [0.15, 0.2) is 18.1 Å². The molecule has 0 radical (unpaired) electrons. The fourth-order valence-corrected chi connectivity index (χ4v) is 2.95. The van der Waals surface area contributed by atoms with Gasteiger partial charge in [0, 0.05) is 11.7 Å².